The Labute approximate surface area is 115 Å². The van der Waals surface area contributed by atoms with Gasteiger partial charge in [-0.3, -0.25) is 0 Å². The maximum atomic E-state index is 13.3. The number of benzene rings is 1. The van der Waals surface area contributed by atoms with Crippen molar-refractivity contribution in [1.82, 2.24) is 10.6 Å². The first-order valence-electron chi connectivity index (χ1n) is 6.15. The lowest BCUT2D eigenvalue weighted by Crippen LogP contribution is -2.45. The molecule has 0 aromatic heterocycles. The van der Waals surface area contributed by atoms with Gasteiger partial charge in [0, 0.05) is 12.1 Å². The molecule has 0 saturated heterocycles. The molecular formula is C13H16F2N2O3. The van der Waals surface area contributed by atoms with Gasteiger partial charge in [0.1, 0.15) is 17.7 Å². The summed E-state index contributed by atoms with van der Waals surface area (Å²) in [7, 11) is 0. The third kappa shape index (κ3) is 4.83. The van der Waals surface area contributed by atoms with Gasteiger partial charge in [-0.25, -0.2) is 18.4 Å². The topological polar surface area (TPSA) is 78.4 Å². The largest absolute Gasteiger partial charge is 0.480 e. The lowest BCUT2D eigenvalue weighted by atomic mass is 10.2. The van der Waals surface area contributed by atoms with Gasteiger partial charge in [0.25, 0.3) is 0 Å². The van der Waals surface area contributed by atoms with Gasteiger partial charge in [0.15, 0.2) is 0 Å². The van der Waals surface area contributed by atoms with Crippen LogP contribution >= 0.6 is 0 Å². The summed E-state index contributed by atoms with van der Waals surface area (Å²) in [5.74, 6) is -2.40. The SMILES string of the molecule is CCC[C@H](NC(=O)NCc1cc(F)ccc1F)C(=O)O. The monoisotopic (exact) mass is 286 g/mol. The maximum absolute atomic E-state index is 13.3. The van der Waals surface area contributed by atoms with Crippen molar-refractivity contribution in [2.24, 2.45) is 0 Å². The molecule has 3 N–H and O–H groups in total. The molecule has 1 aromatic rings. The average molecular weight is 286 g/mol. The van der Waals surface area contributed by atoms with Crippen molar-refractivity contribution in [3.05, 3.63) is 35.4 Å². The quantitative estimate of drug-likeness (QED) is 0.748. The minimum absolute atomic E-state index is 0.0116. The number of nitrogens with one attached hydrogen (secondary N) is 2. The lowest BCUT2D eigenvalue weighted by Gasteiger charge is -2.14. The van der Waals surface area contributed by atoms with E-state index in [9.17, 15) is 18.4 Å². The summed E-state index contributed by atoms with van der Waals surface area (Å²) in [5, 5.41) is 13.4. The molecule has 1 rings (SSSR count). The normalized spacial score (nSPS) is 11.8. The summed E-state index contributed by atoms with van der Waals surface area (Å²) in [5.41, 5.74) is -0.0116. The molecule has 1 aromatic carbocycles. The van der Waals surface area contributed by atoms with E-state index in [0.29, 0.717) is 6.42 Å². The molecule has 0 aliphatic rings. The van der Waals surface area contributed by atoms with Crippen LogP contribution in [-0.4, -0.2) is 23.1 Å². The van der Waals surface area contributed by atoms with Crippen LogP contribution in [-0.2, 0) is 11.3 Å². The van der Waals surface area contributed by atoms with Gasteiger partial charge in [0.2, 0.25) is 0 Å². The molecule has 7 heteroatoms. The molecule has 5 nitrogen and oxygen atoms in total. The minimum Gasteiger partial charge on any atom is -0.480 e. The van der Waals surface area contributed by atoms with Crippen LogP contribution < -0.4 is 10.6 Å². The summed E-state index contributed by atoms with van der Waals surface area (Å²) >= 11 is 0. The number of halogens is 2. The Morgan fingerprint density at radius 1 is 1.35 bits per heavy atom. The van der Waals surface area contributed by atoms with E-state index >= 15 is 0 Å². The summed E-state index contributed by atoms with van der Waals surface area (Å²) in [6, 6.07) is 1.16. The fourth-order valence-corrected chi connectivity index (χ4v) is 1.61. The Morgan fingerprint density at radius 3 is 2.65 bits per heavy atom. The van der Waals surface area contributed by atoms with Crippen LogP contribution in [0.4, 0.5) is 13.6 Å². The van der Waals surface area contributed by atoms with E-state index in [1.165, 1.54) is 0 Å². The van der Waals surface area contributed by atoms with E-state index in [1.807, 2.05) is 0 Å². The number of urea groups is 1. The van der Waals surface area contributed by atoms with Crippen LogP contribution in [0.1, 0.15) is 25.3 Å². The van der Waals surface area contributed by atoms with E-state index in [4.69, 9.17) is 5.11 Å². The number of aliphatic carboxylic acids is 1. The van der Waals surface area contributed by atoms with Gasteiger partial charge >= 0.3 is 12.0 Å². The van der Waals surface area contributed by atoms with Crippen molar-refractivity contribution in [2.75, 3.05) is 0 Å². The lowest BCUT2D eigenvalue weighted by molar-refractivity contribution is -0.139. The number of amides is 2. The van der Waals surface area contributed by atoms with Crippen molar-refractivity contribution in [1.29, 1.82) is 0 Å². The molecule has 20 heavy (non-hydrogen) atoms. The highest BCUT2D eigenvalue weighted by Gasteiger charge is 2.18. The van der Waals surface area contributed by atoms with E-state index in [1.54, 1.807) is 6.92 Å². The first-order chi connectivity index (χ1) is 9.43. The van der Waals surface area contributed by atoms with Crippen LogP contribution in [0.2, 0.25) is 0 Å². The zero-order valence-electron chi connectivity index (χ0n) is 11.0. The fraction of sp³-hybridized carbons (Fsp3) is 0.385. The number of rotatable bonds is 6. The van der Waals surface area contributed by atoms with Crippen molar-refractivity contribution in [3.8, 4) is 0 Å². The Bertz CT molecular complexity index is 495. The van der Waals surface area contributed by atoms with Crippen LogP contribution in [0.25, 0.3) is 0 Å². The molecule has 0 fully saturated rings. The molecule has 0 aliphatic carbocycles. The molecule has 0 saturated carbocycles. The number of hydrogen-bond donors (Lipinski definition) is 3. The molecule has 0 heterocycles. The van der Waals surface area contributed by atoms with Crippen molar-refractivity contribution in [3.63, 3.8) is 0 Å². The second kappa shape index (κ2) is 7.42. The van der Waals surface area contributed by atoms with Crippen LogP contribution in [0.5, 0.6) is 0 Å². The zero-order chi connectivity index (χ0) is 15.1. The van der Waals surface area contributed by atoms with Gasteiger partial charge in [-0.1, -0.05) is 13.3 Å². The van der Waals surface area contributed by atoms with Gasteiger partial charge in [0.05, 0.1) is 0 Å². The second-order valence-corrected chi connectivity index (χ2v) is 4.24. The molecule has 110 valence electrons. The molecule has 0 aliphatic heterocycles. The zero-order valence-corrected chi connectivity index (χ0v) is 11.0. The number of carbonyl (C=O) groups is 2. The molecule has 0 spiro atoms. The van der Waals surface area contributed by atoms with Crippen molar-refractivity contribution in [2.45, 2.75) is 32.4 Å². The van der Waals surface area contributed by atoms with E-state index in [-0.39, 0.29) is 18.5 Å². The van der Waals surface area contributed by atoms with E-state index in [2.05, 4.69) is 10.6 Å². The highest BCUT2D eigenvalue weighted by atomic mass is 19.1. The Kier molecular flexibility index (Phi) is 5.89. The molecule has 0 radical (unpaired) electrons. The van der Waals surface area contributed by atoms with Crippen LogP contribution in [0, 0.1) is 11.6 Å². The van der Waals surface area contributed by atoms with Gasteiger partial charge in [-0.05, 0) is 24.6 Å². The highest BCUT2D eigenvalue weighted by molar-refractivity contribution is 5.82. The molecule has 0 bridgehead atoms. The average Bonchev–Trinajstić information content (AvgIpc) is 2.39. The summed E-state index contributed by atoms with van der Waals surface area (Å²) < 4.78 is 26.2. The number of carboxylic acid groups (broad SMARTS) is 1. The third-order valence-electron chi connectivity index (χ3n) is 2.63. The van der Waals surface area contributed by atoms with Crippen molar-refractivity contribution < 1.29 is 23.5 Å². The molecule has 2 amide bonds. The molecular weight excluding hydrogens is 270 g/mol. The summed E-state index contributed by atoms with van der Waals surface area (Å²) in [6.07, 6.45) is 0.882. The first-order valence-corrected chi connectivity index (χ1v) is 6.15. The van der Waals surface area contributed by atoms with Crippen LogP contribution in [0.15, 0.2) is 18.2 Å². The Morgan fingerprint density at radius 2 is 2.05 bits per heavy atom. The summed E-state index contributed by atoms with van der Waals surface area (Å²) in [6.45, 7) is 1.56. The number of hydrogen-bond acceptors (Lipinski definition) is 2. The number of carbonyl (C=O) groups excluding carboxylic acids is 1. The fourth-order valence-electron chi connectivity index (χ4n) is 1.61. The maximum Gasteiger partial charge on any atom is 0.326 e. The molecule has 1 atom stereocenters. The third-order valence-corrected chi connectivity index (χ3v) is 2.63. The van der Waals surface area contributed by atoms with E-state index < -0.39 is 29.7 Å². The van der Waals surface area contributed by atoms with Gasteiger partial charge in [-0.15, -0.1) is 0 Å². The van der Waals surface area contributed by atoms with E-state index in [0.717, 1.165) is 18.2 Å². The van der Waals surface area contributed by atoms with Gasteiger partial charge < -0.3 is 15.7 Å². The highest BCUT2D eigenvalue weighted by Crippen LogP contribution is 2.09. The number of carboxylic acids is 1. The first kappa shape index (κ1) is 15.9. The molecule has 0 unspecified atom stereocenters. The van der Waals surface area contributed by atoms with Crippen molar-refractivity contribution >= 4 is 12.0 Å². The minimum atomic E-state index is -1.14. The Hall–Kier alpha value is -2.18. The summed E-state index contributed by atoms with van der Waals surface area (Å²) in [4.78, 5) is 22.3. The smallest absolute Gasteiger partial charge is 0.326 e. The predicted molar refractivity (Wildman–Crippen MR) is 68.1 cm³/mol. The standard InChI is InChI=1S/C13H16F2N2O3/c1-2-3-11(12(18)19)17-13(20)16-7-8-6-9(14)4-5-10(8)15/h4-6,11H,2-3,7H2,1H3,(H,18,19)(H2,16,17,20)/t11-/m0/s1. The van der Waals surface area contributed by atoms with Crippen LogP contribution in [0.3, 0.4) is 0 Å². The second-order valence-electron chi connectivity index (χ2n) is 4.24. The van der Waals surface area contributed by atoms with Gasteiger partial charge in [-0.2, -0.15) is 0 Å². The predicted octanol–water partition coefficient (Wildman–Crippen LogP) is 2.02. The Balaban J connectivity index is 2.54.